The number of amides is 2. The number of carbonyl (C=O) groups excluding carboxylic acids is 2. The van der Waals surface area contributed by atoms with E-state index in [0.717, 1.165) is 12.8 Å². The lowest BCUT2D eigenvalue weighted by atomic mass is 9.85. The third kappa shape index (κ3) is 3.00. The van der Waals surface area contributed by atoms with Crippen molar-refractivity contribution in [3.8, 4) is 0 Å². The molecule has 0 bridgehead atoms. The second-order valence-corrected chi connectivity index (χ2v) is 7.80. The monoisotopic (exact) mass is 359 g/mol. The first-order valence-corrected chi connectivity index (χ1v) is 9.65. The normalized spacial score (nSPS) is 31.2. The first-order chi connectivity index (χ1) is 12.6. The van der Waals surface area contributed by atoms with Gasteiger partial charge in [0, 0.05) is 19.6 Å². The Kier molecular flexibility index (Phi) is 4.69. The maximum atomic E-state index is 14.0. The van der Waals surface area contributed by atoms with Crippen molar-refractivity contribution in [2.75, 3.05) is 18.5 Å². The van der Waals surface area contributed by atoms with Crippen LogP contribution in [0, 0.1) is 11.7 Å². The van der Waals surface area contributed by atoms with Crippen LogP contribution in [0.2, 0.25) is 0 Å². The Hall–Kier alpha value is -1.95. The molecule has 1 aliphatic carbocycles. The number of benzene rings is 1. The molecule has 0 aromatic heterocycles. The molecule has 0 radical (unpaired) electrons. The lowest BCUT2D eigenvalue weighted by Crippen LogP contribution is -2.50. The lowest BCUT2D eigenvalue weighted by molar-refractivity contribution is -0.138. The van der Waals surface area contributed by atoms with Crippen molar-refractivity contribution >= 4 is 17.5 Å². The predicted octanol–water partition coefficient (Wildman–Crippen LogP) is 2.31. The van der Waals surface area contributed by atoms with E-state index in [1.165, 1.54) is 30.2 Å². The van der Waals surface area contributed by atoms with Gasteiger partial charge in [0.25, 0.3) is 0 Å². The Morgan fingerprint density at radius 3 is 2.77 bits per heavy atom. The fourth-order valence-corrected chi connectivity index (χ4v) is 4.84. The van der Waals surface area contributed by atoms with Crippen molar-refractivity contribution in [3.05, 3.63) is 30.1 Å². The number of nitrogens with one attached hydrogen (secondary N) is 1. The largest absolute Gasteiger partial charge is 0.332 e. The molecule has 4 unspecified atom stereocenters. The SMILES string of the molecule is CN(C(=O)C1CC2CCCCC2N1)C1CCN(c2ccccc2F)C1=O. The van der Waals surface area contributed by atoms with Gasteiger partial charge in [0.1, 0.15) is 11.9 Å². The van der Waals surface area contributed by atoms with Gasteiger partial charge in [-0.05, 0) is 43.7 Å². The van der Waals surface area contributed by atoms with Crippen LogP contribution in [0.1, 0.15) is 38.5 Å². The quantitative estimate of drug-likeness (QED) is 0.901. The minimum absolute atomic E-state index is 0.00636. The van der Waals surface area contributed by atoms with Gasteiger partial charge in [-0.15, -0.1) is 0 Å². The molecule has 1 aromatic carbocycles. The smallest absolute Gasteiger partial charge is 0.249 e. The fourth-order valence-electron chi connectivity index (χ4n) is 4.84. The zero-order chi connectivity index (χ0) is 18.3. The lowest BCUT2D eigenvalue weighted by Gasteiger charge is -2.27. The first kappa shape index (κ1) is 17.5. The molecule has 1 saturated carbocycles. The average molecular weight is 359 g/mol. The molecule has 4 rings (SSSR count). The summed E-state index contributed by atoms with van der Waals surface area (Å²) in [5.74, 6) is -0.0215. The molecule has 1 N–H and O–H groups in total. The summed E-state index contributed by atoms with van der Waals surface area (Å²) < 4.78 is 14.0. The van der Waals surface area contributed by atoms with E-state index in [4.69, 9.17) is 0 Å². The van der Waals surface area contributed by atoms with Crippen molar-refractivity contribution in [2.24, 2.45) is 5.92 Å². The van der Waals surface area contributed by atoms with E-state index in [1.54, 1.807) is 30.1 Å². The van der Waals surface area contributed by atoms with Crippen LogP contribution in [-0.4, -0.2) is 48.4 Å². The number of rotatable bonds is 3. The maximum absolute atomic E-state index is 14.0. The molecule has 2 amide bonds. The molecule has 26 heavy (non-hydrogen) atoms. The molecule has 4 atom stereocenters. The van der Waals surface area contributed by atoms with Crippen molar-refractivity contribution in [3.63, 3.8) is 0 Å². The van der Waals surface area contributed by atoms with Gasteiger partial charge in [-0.3, -0.25) is 9.59 Å². The topological polar surface area (TPSA) is 52.7 Å². The van der Waals surface area contributed by atoms with Gasteiger partial charge in [0.05, 0.1) is 11.7 Å². The summed E-state index contributed by atoms with van der Waals surface area (Å²) >= 11 is 0. The first-order valence-electron chi connectivity index (χ1n) is 9.65. The number of likely N-dealkylation sites (N-methyl/N-ethyl adjacent to an activating group) is 1. The van der Waals surface area contributed by atoms with Crippen LogP contribution in [0.15, 0.2) is 24.3 Å². The van der Waals surface area contributed by atoms with Gasteiger partial charge in [0.15, 0.2) is 0 Å². The second-order valence-electron chi connectivity index (χ2n) is 7.80. The van der Waals surface area contributed by atoms with Crippen molar-refractivity contribution in [2.45, 2.75) is 56.7 Å². The number of carbonyl (C=O) groups is 2. The standard InChI is InChI=1S/C20H26FN3O2/c1-23(19(25)16-12-13-6-2-4-8-15(13)22-16)18-10-11-24(20(18)26)17-9-5-3-7-14(17)21/h3,5,7,9,13,15-16,18,22H,2,4,6,8,10-12H2,1H3. The van der Waals surface area contributed by atoms with Crippen LogP contribution in [-0.2, 0) is 9.59 Å². The van der Waals surface area contributed by atoms with Crippen LogP contribution >= 0.6 is 0 Å². The summed E-state index contributed by atoms with van der Waals surface area (Å²) in [5.41, 5.74) is 0.297. The number of fused-ring (bicyclic) bond motifs is 1. The third-order valence-electron chi connectivity index (χ3n) is 6.30. The summed E-state index contributed by atoms with van der Waals surface area (Å²) in [6.07, 6.45) is 6.21. The summed E-state index contributed by atoms with van der Waals surface area (Å²) in [7, 11) is 1.71. The Labute approximate surface area is 153 Å². The highest BCUT2D eigenvalue weighted by Crippen LogP contribution is 2.34. The summed E-state index contributed by atoms with van der Waals surface area (Å²) in [5, 5.41) is 3.49. The van der Waals surface area contributed by atoms with Crippen LogP contribution < -0.4 is 10.2 Å². The molecule has 1 aromatic rings. The fraction of sp³-hybridized carbons (Fsp3) is 0.600. The van der Waals surface area contributed by atoms with E-state index in [9.17, 15) is 14.0 Å². The average Bonchev–Trinajstić information content (AvgIpc) is 3.24. The van der Waals surface area contributed by atoms with Crippen molar-refractivity contribution in [1.29, 1.82) is 0 Å². The minimum atomic E-state index is -0.508. The number of halogens is 1. The number of para-hydroxylation sites is 1. The zero-order valence-electron chi connectivity index (χ0n) is 15.2. The molecule has 5 nitrogen and oxygen atoms in total. The number of hydrogen-bond donors (Lipinski definition) is 1. The van der Waals surface area contributed by atoms with E-state index in [0.29, 0.717) is 30.6 Å². The third-order valence-corrected chi connectivity index (χ3v) is 6.30. The molecule has 3 fully saturated rings. The number of hydrogen-bond acceptors (Lipinski definition) is 3. The molecule has 0 spiro atoms. The van der Waals surface area contributed by atoms with E-state index in [1.807, 2.05) is 0 Å². The van der Waals surface area contributed by atoms with Gasteiger partial charge < -0.3 is 15.1 Å². The molecular weight excluding hydrogens is 333 g/mol. The van der Waals surface area contributed by atoms with E-state index in [-0.39, 0.29) is 17.9 Å². The van der Waals surface area contributed by atoms with Crippen LogP contribution in [0.25, 0.3) is 0 Å². The van der Waals surface area contributed by atoms with Gasteiger partial charge in [-0.1, -0.05) is 25.0 Å². The molecule has 3 aliphatic rings. The molecule has 2 aliphatic heterocycles. The number of nitrogens with zero attached hydrogens (tertiary/aromatic N) is 2. The van der Waals surface area contributed by atoms with Crippen LogP contribution in [0.5, 0.6) is 0 Å². The molecule has 6 heteroatoms. The summed E-state index contributed by atoms with van der Waals surface area (Å²) in [4.78, 5) is 28.8. The van der Waals surface area contributed by atoms with E-state index in [2.05, 4.69) is 5.32 Å². The molecule has 2 heterocycles. The Bertz CT molecular complexity index is 696. The van der Waals surface area contributed by atoms with Crippen LogP contribution in [0.4, 0.5) is 10.1 Å². The highest BCUT2D eigenvalue weighted by molar-refractivity contribution is 6.01. The summed E-state index contributed by atoms with van der Waals surface area (Å²) in [6, 6.07) is 6.04. The molecule has 140 valence electrons. The minimum Gasteiger partial charge on any atom is -0.332 e. The second kappa shape index (κ2) is 6.99. The Morgan fingerprint density at radius 2 is 2.00 bits per heavy atom. The zero-order valence-corrected chi connectivity index (χ0v) is 15.2. The van der Waals surface area contributed by atoms with Crippen molar-refractivity contribution in [1.82, 2.24) is 10.2 Å². The van der Waals surface area contributed by atoms with Gasteiger partial charge in [0.2, 0.25) is 11.8 Å². The molecule has 2 saturated heterocycles. The van der Waals surface area contributed by atoms with Gasteiger partial charge in [-0.2, -0.15) is 0 Å². The van der Waals surface area contributed by atoms with Gasteiger partial charge >= 0.3 is 0 Å². The highest BCUT2D eigenvalue weighted by atomic mass is 19.1. The number of anilines is 1. The van der Waals surface area contributed by atoms with Crippen LogP contribution in [0.3, 0.4) is 0 Å². The predicted molar refractivity (Wildman–Crippen MR) is 97.2 cm³/mol. The Balaban J connectivity index is 1.44. The van der Waals surface area contributed by atoms with E-state index < -0.39 is 11.9 Å². The van der Waals surface area contributed by atoms with E-state index >= 15 is 0 Å². The Morgan fingerprint density at radius 1 is 1.23 bits per heavy atom. The molecular formula is C20H26FN3O2. The maximum Gasteiger partial charge on any atom is 0.249 e. The van der Waals surface area contributed by atoms with Gasteiger partial charge in [-0.25, -0.2) is 4.39 Å². The van der Waals surface area contributed by atoms with Crippen molar-refractivity contribution < 1.29 is 14.0 Å². The highest BCUT2D eigenvalue weighted by Gasteiger charge is 2.43. The summed E-state index contributed by atoms with van der Waals surface area (Å²) in [6.45, 7) is 0.436.